The van der Waals surface area contributed by atoms with Crippen LogP contribution in [0.25, 0.3) is 0 Å². The molecule has 10 heteroatoms. The number of aliphatic imine (C=N–C) groups is 1. The van der Waals surface area contributed by atoms with E-state index in [4.69, 9.17) is 10.5 Å². The average molecular weight is 553 g/mol. The van der Waals surface area contributed by atoms with Crippen molar-refractivity contribution < 1.29 is 19.1 Å². The van der Waals surface area contributed by atoms with Crippen LogP contribution in [0.5, 0.6) is 5.75 Å². The highest BCUT2D eigenvalue weighted by Crippen LogP contribution is 2.52. The molecule has 0 spiro atoms. The quantitative estimate of drug-likeness (QED) is 0.143. The fourth-order valence-corrected chi connectivity index (χ4v) is 4.78. The second-order valence-corrected chi connectivity index (χ2v) is 8.08. The van der Waals surface area contributed by atoms with Crippen molar-refractivity contribution in [1.82, 2.24) is 15.5 Å². The van der Waals surface area contributed by atoms with Crippen LogP contribution in [0.3, 0.4) is 0 Å². The summed E-state index contributed by atoms with van der Waals surface area (Å²) in [4.78, 5) is 41.9. The second-order valence-electron chi connectivity index (χ2n) is 8.08. The Bertz CT molecular complexity index is 920. The molecule has 2 bridgehead atoms. The van der Waals surface area contributed by atoms with Gasteiger partial charge in [0.2, 0.25) is 11.8 Å². The Balaban J connectivity index is 0.00000289. The lowest BCUT2D eigenvalue weighted by Gasteiger charge is -2.18. The van der Waals surface area contributed by atoms with Crippen molar-refractivity contribution in [3.05, 3.63) is 42.0 Å². The van der Waals surface area contributed by atoms with E-state index in [1.54, 1.807) is 13.1 Å². The zero-order valence-electron chi connectivity index (χ0n) is 17.8. The first kappa shape index (κ1) is 24.0. The Morgan fingerprint density at radius 3 is 2.50 bits per heavy atom. The minimum atomic E-state index is -0.532. The van der Waals surface area contributed by atoms with Gasteiger partial charge >= 0.3 is 0 Å². The van der Waals surface area contributed by atoms with Crippen molar-refractivity contribution in [2.24, 2.45) is 34.4 Å². The number of ether oxygens (including phenoxy) is 1. The molecule has 32 heavy (non-hydrogen) atoms. The van der Waals surface area contributed by atoms with Gasteiger partial charge in [-0.15, -0.1) is 24.0 Å². The van der Waals surface area contributed by atoms with Gasteiger partial charge in [-0.1, -0.05) is 24.3 Å². The molecule has 1 saturated carbocycles. The number of halogens is 1. The first-order valence-corrected chi connectivity index (χ1v) is 10.5. The monoisotopic (exact) mass is 553 g/mol. The molecule has 172 valence electrons. The number of hydrogen-bond acceptors (Lipinski definition) is 5. The van der Waals surface area contributed by atoms with E-state index in [1.807, 2.05) is 18.2 Å². The van der Waals surface area contributed by atoms with E-state index in [0.29, 0.717) is 31.3 Å². The molecule has 0 radical (unpaired) electrons. The predicted octanol–water partition coefficient (Wildman–Crippen LogP) is 0.641. The number of rotatable bonds is 8. The van der Waals surface area contributed by atoms with Gasteiger partial charge in [0.05, 0.1) is 11.8 Å². The number of nitrogens with two attached hydrogens (primary N) is 1. The van der Waals surface area contributed by atoms with Gasteiger partial charge in [0.25, 0.3) is 5.91 Å². The van der Waals surface area contributed by atoms with E-state index in [0.717, 1.165) is 12.0 Å². The van der Waals surface area contributed by atoms with Crippen molar-refractivity contribution in [3.63, 3.8) is 0 Å². The zero-order valence-corrected chi connectivity index (χ0v) is 20.2. The normalized spacial score (nSPS) is 25.5. The van der Waals surface area contributed by atoms with Crippen LogP contribution in [0.1, 0.15) is 12.0 Å². The molecule has 2 aliphatic carbocycles. The summed E-state index contributed by atoms with van der Waals surface area (Å²) < 4.78 is 5.31. The minimum Gasteiger partial charge on any atom is -0.484 e. The van der Waals surface area contributed by atoms with Gasteiger partial charge in [0, 0.05) is 26.7 Å². The third-order valence-corrected chi connectivity index (χ3v) is 6.15. The average Bonchev–Trinajstić information content (AvgIpc) is 3.44. The molecule has 1 aromatic carbocycles. The molecule has 2 fully saturated rings. The highest BCUT2D eigenvalue weighted by Gasteiger charge is 2.58. The van der Waals surface area contributed by atoms with Crippen molar-refractivity contribution in [1.29, 1.82) is 0 Å². The van der Waals surface area contributed by atoms with Crippen LogP contribution in [0, 0.1) is 23.7 Å². The Hall–Kier alpha value is -2.63. The Morgan fingerprint density at radius 2 is 1.88 bits per heavy atom. The molecular formula is C22H28IN5O4. The molecule has 4 rings (SSSR count). The number of amides is 3. The molecule has 4 N–H and O–H groups in total. The van der Waals surface area contributed by atoms with Crippen LogP contribution in [-0.4, -0.2) is 55.3 Å². The highest BCUT2D eigenvalue weighted by atomic mass is 127. The first-order chi connectivity index (χ1) is 15.0. The molecule has 1 saturated heterocycles. The first-order valence-electron chi connectivity index (χ1n) is 10.5. The molecule has 9 nitrogen and oxygen atoms in total. The number of nitrogens with one attached hydrogen (secondary N) is 2. The minimum absolute atomic E-state index is 0. The fourth-order valence-electron chi connectivity index (χ4n) is 4.78. The molecule has 3 amide bonds. The summed E-state index contributed by atoms with van der Waals surface area (Å²) in [5.74, 6) is 0.631. The van der Waals surface area contributed by atoms with E-state index < -0.39 is 5.91 Å². The lowest BCUT2D eigenvalue weighted by molar-refractivity contribution is -0.140. The maximum Gasteiger partial charge on any atom is 0.255 e. The van der Waals surface area contributed by atoms with Gasteiger partial charge in [-0.3, -0.25) is 24.3 Å². The third kappa shape index (κ3) is 4.89. The van der Waals surface area contributed by atoms with Crippen LogP contribution in [0.4, 0.5) is 0 Å². The maximum absolute atomic E-state index is 12.7. The molecule has 4 atom stereocenters. The summed E-state index contributed by atoms with van der Waals surface area (Å²) in [5, 5.41) is 6.33. The molecule has 4 unspecified atom stereocenters. The van der Waals surface area contributed by atoms with Crippen molar-refractivity contribution in [2.45, 2.75) is 13.0 Å². The Morgan fingerprint density at radius 1 is 1.19 bits per heavy atom. The maximum atomic E-state index is 12.7. The summed E-state index contributed by atoms with van der Waals surface area (Å²) in [6.45, 7) is 1.05. The summed E-state index contributed by atoms with van der Waals surface area (Å²) in [6.07, 6.45) is 5.13. The van der Waals surface area contributed by atoms with E-state index >= 15 is 0 Å². The summed E-state index contributed by atoms with van der Waals surface area (Å²) in [7, 11) is 1.65. The number of primary amides is 1. The van der Waals surface area contributed by atoms with Gasteiger partial charge in [-0.2, -0.15) is 0 Å². The smallest absolute Gasteiger partial charge is 0.255 e. The Kier molecular flexibility index (Phi) is 7.75. The molecule has 1 aromatic rings. The van der Waals surface area contributed by atoms with Crippen LogP contribution in [0.15, 0.2) is 41.4 Å². The van der Waals surface area contributed by atoms with E-state index in [2.05, 4.69) is 27.8 Å². The van der Waals surface area contributed by atoms with Crippen molar-refractivity contribution in [3.8, 4) is 5.75 Å². The lowest BCUT2D eigenvalue weighted by atomic mass is 9.85. The number of likely N-dealkylation sites (tertiary alicyclic amines) is 1. The topological polar surface area (TPSA) is 126 Å². The van der Waals surface area contributed by atoms with E-state index in [-0.39, 0.29) is 66.1 Å². The number of benzene rings is 1. The number of nitrogens with zero attached hydrogens (tertiary/aromatic N) is 2. The van der Waals surface area contributed by atoms with Gasteiger partial charge < -0.3 is 21.1 Å². The number of allylic oxidation sites excluding steroid dienone is 2. The summed E-state index contributed by atoms with van der Waals surface area (Å²) in [5.41, 5.74) is 6.03. The van der Waals surface area contributed by atoms with Gasteiger partial charge in [-0.05, 0) is 36.0 Å². The van der Waals surface area contributed by atoms with Crippen LogP contribution in [0.2, 0.25) is 0 Å². The number of hydrogen-bond donors (Lipinski definition) is 3. The highest BCUT2D eigenvalue weighted by molar-refractivity contribution is 14.0. The standard InChI is InChI=1S/C22H27N5O4.HI/c1-24-22(26-11-13-3-2-4-16(9-13)31-12-17(23)28)25-7-8-27-20(29)18-14-5-6-15(10-14)19(18)21(27)30;/h2-6,9,14-15,18-19H,7-8,10-12H2,1H3,(H2,23,28)(H2,24,25,26);1H. The van der Waals surface area contributed by atoms with Gasteiger partial charge in [-0.25, -0.2) is 0 Å². The summed E-state index contributed by atoms with van der Waals surface area (Å²) in [6, 6.07) is 7.31. The summed E-state index contributed by atoms with van der Waals surface area (Å²) >= 11 is 0. The number of carbonyl (C=O) groups is 3. The zero-order chi connectivity index (χ0) is 22.0. The number of carbonyl (C=O) groups excluding carboxylic acids is 3. The second kappa shape index (κ2) is 10.3. The SMILES string of the molecule is CN=C(NCCN1C(=O)C2C3C=CC(C3)C2C1=O)NCc1cccc(OCC(N)=O)c1.I. The number of imide groups is 1. The molecule has 0 aromatic heterocycles. The fraction of sp³-hybridized carbons (Fsp3) is 0.455. The van der Waals surface area contributed by atoms with Gasteiger partial charge in [0.1, 0.15) is 5.75 Å². The van der Waals surface area contributed by atoms with Gasteiger partial charge in [0.15, 0.2) is 12.6 Å². The van der Waals surface area contributed by atoms with E-state index in [9.17, 15) is 14.4 Å². The molecular weight excluding hydrogens is 525 g/mol. The molecule has 1 aliphatic heterocycles. The predicted molar refractivity (Wildman–Crippen MR) is 129 cm³/mol. The number of guanidine groups is 1. The van der Waals surface area contributed by atoms with Crippen molar-refractivity contribution in [2.75, 3.05) is 26.7 Å². The van der Waals surface area contributed by atoms with E-state index in [1.165, 1.54) is 4.90 Å². The largest absolute Gasteiger partial charge is 0.484 e. The molecule has 3 aliphatic rings. The van der Waals surface area contributed by atoms with Crippen molar-refractivity contribution >= 4 is 47.7 Å². The van der Waals surface area contributed by atoms with Crippen LogP contribution in [-0.2, 0) is 20.9 Å². The Labute approximate surface area is 203 Å². The number of fused-ring (bicyclic) bond motifs is 5. The van der Waals surface area contributed by atoms with Crippen LogP contribution < -0.4 is 21.1 Å². The third-order valence-electron chi connectivity index (χ3n) is 6.15. The molecule has 1 heterocycles. The van der Waals surface area contributed by atoms with Crippen LogP contribution >= 0.6 is 24.0 Å². The lowest BCUT2D eigenvalue weighted by Crippen LogP contribution is -2.43.